The molecule has 0 aromatic heterocycles. The van der Waals surface area contributed by atoms with Crippen molar-refractivity contribution in [2.24, 2.45) is 17.8 Å². The summed E-state index contributed by atoms with van der Waals surface area (Å²) in [5.41, 5.74) is 1.53. The first-order chi connectivity index (χ1) is 22.6. The minimum atomic E-state index is -1.34. The van der Waals surface area contributed by atoms with E-state index in [9.17, 15) is 24.9 Å². The molecule has 0 saturated heterocycles. The number of aliphatic hydroxyl groups is 3. The number of methoxy groups -OCH3 is 1. The third kappa shape index (κ3) is 7.33. The zero-order valence-corrected chi connectivity index (χ0v) is 27.5. The summed E-state index contributed by atoms with van der Waals surface area (Å²) in [5.74, 6) is -0.467. The number of nitrogens with zero attached hydrogens (tertiary/aromatic N) is 1. The van der Waals surface area contributed by atoms with Crippen LogP contribution in [0.5, 0.6) is 11.5 Å². The molecule has 11 heteroatoms. The molecule has 1 saturated carbocycles. The first kappa shape index (κ1) is 34.8. The number of rotatable bonds is 12. The lowest BCUT2D eigenvalue weighted by atomic mass is 9.75. The van der Waals surface area contributed by atoms with E-state index in [1.54, 1.807) is 30.3 Å². The number of benzene rings is 2. The topological polar surface area (TPSA) is 138 Å². The van der Waals surface area contributed by atoms with Crippen molar-refractivity contribution in [2.75, 3.05) is 26.9 Å². The summed E-state index contributed by atoms with van der Waals surface area (Å²) in [6.07, 6.45) is 2.01. The molecule has 47 heavy (non-hydrogen) atoms. The maximum atomic E-state index is 15.0. The highest BCUT2D eigenvalue weighted by molar-refractivity contribution is 5.96. The number of hydrogen-bond acceptors (Lipinski definition) is 8. The molecule has 7 unspecified atom stereocenters. The van der Waals surface area contributed by atoms with Crippen molar-refractivity contribution >= 4 is 11.8 Å². The van der Waals surface area contributed by atoms with Crippen molar-refractivity contribution in [1.82, 2.24) is 10.2 Å². The van der Waals surface area contributed by atoms with Gasteiger partial charge >= 0.3 is 0 Å². The van der Waals surface area contributed by atoms with Gasteiger partial charge in [-0.1, -0.05) is 45.4 Å². The van der Waals surface area contributed by atoms with Crippen LogP contribution in [0.1, 0.15) is 62.6 Å². The summed E-state index contributed by atoms with van der Waals surface area (Å²) >= 11 is 0. The van der Waals surface area contributed by atoms with E-state index in [0.29, 0.717) is 40.4 Å². The van der Waals surface area contributed by atoms with Crippen LogP contribution in [0.4, 0.5) is 4.39 Å². The van der Waals surface area contributed by atoms with Crippen LogP contribution in [0.2, 0.25) is 0 Å². The molecule has 0 radical (unpaired) electrons. The van der Waals surface area contributed by atoms with Crippen LogP contribution in [-0.2, 0) is 27.5 Å². The molecule has 5 rings (SSSR count). The fraction of sp³-hybridized carbons (Fsp3) is 0.556. The largest absolute Gasteiger partial charge is 0.493 e. The first-order valence-electron chi connectivity index (χ1n) is 16.5. The van der Waals surface area contributed by atoms with E-state index in [1.807, 2.05) is 0 Å². The van der Waals surface area contributed by atoms with Crippen molar-refractivity contribution in [3.8, 4) is 11.5 Å². The number of fused-ring (bicyclic) bond motifs is 3. The second kappa shape index (κ2) is 15.1. The number of carbonyl (C=O) groups is 2. The summed E-state index contributed by atoms with van der Waals surface area (Å²) in [5, 5.41) is 34.0. The first-order valence-corrected chi connectivity index (χ1v) is 16.5. The quantitative estimate of drug-likeness (QED) is 0.273. The molecular formula is C36H47FN2O8. The van der Waals surface area contributed by atoms with Gasteiger partial charge in [0.15, 0.2) is 11.5 Å². The predicted octanol–water partition coefficient (Wildman–Crippen LogP) is 3.46. The zero-order chi connectivity index (χ0) is 33.8. The number of halogens is 1. The zero-order valence-electron chi connectivity index (χ0n) is 27.5. The highest BCUT2D eigenvalue weighted by atomic mass is 19.1. The molecular weight excluding hydrogens is 607 g/mol. The van der Waals surface area contributed by atoms with Gasteiger partial charge in [-0.25, -0.2) is 4.39 Å². The van der Waals surface area contributed by atoms with Crippen molar-refractivity contribution in [2.45, 2.75) is 83.5 Å². The standard InChI is InChI=1S/C36H47FN2O8/c1-20(2)24-10-9-21(3)13-29(24)46-19-31(42)39(17-23-7-5-6-8-27(23)37)28-16-26(36(44)38-11-12-40)32-25-14-22(18-41)15-30(45-4)34(25)47-35(32)33(28)43/h5-8,14-16,20-21,24,28-29,32-33,35,40-41,43H,9-13,17-19H2,1-4H3,(H,38,44). The van der Waals surface area contributed by atoms with Gasteiger partial charge in [0.05, 0.1) is 38.4 Å². The molecule has 1 aliphatic heterocycles. The van der Waals surface area contributed by atoms with Crippen molar-refractivity contribution < 1.29 is 43.5 Å². The van der Waals surface area contributed by atoms with Gasteiger partial charge in [-0.15, -0.1) is 0 Å². The normalized spacial score (nSPS) is 26.6. The molecule has 0 spiro atoms. The lowest BCUT2D eigenvalue weighted by Crippen LogP contribution is -2.56. The van der Waals surface area contributed by atoms with Gasteiger partial charge in [-0.2, -0.15) is 0 Å². The Hall–Kier alpha value is -3.51. The van der Waals surface area contributed by atoms with Gasteiger partial charge in [-0.3, -0.25) is 9.59 Å². The monoisotopic (exact) mass is 654 g/mol. The summed E-state index contributed by atoms with van der Waals surface area (Å²) in [4.78, 5) is 29.2. The molecule has 2 amide bonds. The van der Waals surface area contributed by atoms with Crippen molar-refractivity contribution in [1.29, 1.82) is 0 Å². The van der Waals surface area contributed by atoms with Crippen LogP contribution < -0.4 is 14.8 Å². The van der Waals surface area contributed by atoms with Crippen LogP contribution >= 0.6 is 0 Å². The smallest absolute Gasteiger partial charge is 0.249 e. The molecule has 7 atom stereocenters. The van der Waals surface area contributed by atoms with Crippen LogP contribution in [0, 0.1) is 23.6 Å². The lowest BCUT2D eigenvalue weighted by molar-refractivity contribution is -0.148. The molecule has 1 fully saturated rings. The fourth-order valence-corrected chi connectivity index (χ4v) is 7.36. The van der Waals surface area contributed by atoms with E-state index in [2.05, 4.69) is 26.1 Å². The van der Waals surface area contributed by atoms with Crippen LogP contribution in [0.25, 0.3) is 0 Å². The minimum absolute atomic E-state index is 0.0168. The third-order valence-corrected chi connectivity index (χ3v) is 9.86. The maximum absolute atomic E-state index is 15.0. The van der Waals surface area contributed by atoms with Gasteiger partial charge in [-0.05, 0) is 60.4 Å². The van der Waals surface area contributed by atoms with Crippen LogP contribution in [0.3, 0.4) is 0 Å². The molecule has 2 aliphatic carbocycles. The van der Waals surface area contributed by atoms with Crippen LogP contribution in [0.15, 0.2) is 48.0 Å². The fourth-order valence-electron chi connectivity index (χ4n) is 7.36. The van der Waals surface area contributed by atoms with Gasteiger partial charge in [0, 0.05) is 29.8 Å². The third-order valence-electron chi connectivity index (χ3n) is 9.86. The average Bonchev–Trinajstić information content (AvgIpc) is 3.45. The molecule has 4 N–H and O–H groups in total. The van der Waals surface area contributed by atoms with Gasteiger partial charge in [0.1, 0.15) is 24.6 Å². The summed E-state index contributed by atoms with van der Waals surface area (Å²) < 4.78 is 33.2. The number of carbonyl (C=O) groups excluding carboxylic acids is 2. The van der Waals surface area contributed by atoms with Gasteiger partial charge in [0.25, 0.3) is 0 Å². The molecule has 2 aromatic rings. The highest BCUT2D eigenvalue weighted by Gasteiger charge is 2.51. The summed E-state index contributed by atoms with van der Waals surface area (Å²) in [6.45, 7) is 5.44. The predicted molar refractivity (Wildman–Crippen MR) is 172 cm³/mol. The van der Waals surface area contributed by atoms with E-state index in [4.69, 9.17) is 14.2 Å². The Labute approximate surface area is 275 Å². The van der Waals surface area contributed by atoms with E-state index < -0.39 is 41.8 Å². The SMILES string of the molecule is COc1cc(CO)cc2c1OC1C2C(C(=O)NCCO)=CC(N(Cc2ccccc2F)C(=O)COC2CC(C)CCC2C(C)C)C1O. The molecule has 3 aliphatic rings. The maximum Gasteiger partial charge on any atom is 0.249 e. The number of ether oxygens (including phenoxy) is 3. The van der Waals surface area contributed by atoms with Crippen molar-refractivity contribution in [3.63, 3.8) is 0 Å². The Morgan fingerprint density at radius 2 is 1.94 bits per heavy atom. The van der Waals surface area contributed by atoms with E-state index in [-0.39, 0.29) is 50.2 Å². The van der Waals surface area contributed by atoms with Crippen LogP contribution in [-0.4, -0.2) is 83.3 Å². The van der Waals surface area contributed by atoms with E-state index in [0.717, 1.165) is 19.3 Å². The van der Waals surface area contributed by atoms with E-state index >= 15 is 4.39 Å². The summed E-state index contributed by atoms with van der Waals surface area (Å²) in [7, 11) is 1.46. The number of hydrogen-bond donors (Lipinski definition) is 4. The Kier molecular flexibility index (Phi) is 11.2. The Balaban J connectivity index is 1.53. The molecule has 1 heterocycles. The number of amides is 2. The lowest BCUT2D eigenvalue weighted by Gasteiger charge is -2.41. The molecule has 2 aromatic carbocycles. The minimum Gasteiger partial charge on any atom is -0.493 e. The second-order valence-corrected chi connectivity index (χ2v) is 13.3. The number of aliphatic hydroxyl groups excluding tert-OH is 3. The molecule has 256 valence electrons. The molecule has 0 bridgehead atoms. The number of nitrogens with one attached hydrogen (secondary N) is 1. The highest BCUT2D eigenvalue weighted by Crippen LogP contribution is 2.51. The Morgan fingerprint density at radius 1 is 1.17 bits per heavy atom. The Bertz CT molecular complexity index is 1460. The van der Waals surface area contributed by atoms with Gasteiger partial charge in [0.2, 0.25) is 11.8 Å². The Morgan fingerprint density at radius 3 is 2.62 bits per heavy atom. The van der Waals surface area contributed by atoms with Crippen molar-refractivity contribution in [3.05, 3.63) is 70.6 Å². The molecule has 10 nitrogen and oxygen atoms in total. The average molecular weight is 655 g/mol. The van der Waals surface area contributed by atoms with Gasteiger partial charge < -0.3 is 39.7 Å². The van der Waals surface area contributed by atoms with E-state index in [1.165, 1.54) is 24.2 Å². The second-order valence-electron chi connectivity index (χ2n) is 13.3. The summed E-state index contributed by atoms with van der Waals surface area (Å²) in [6, 6.07) is 8.35.